The van der Waals surface area contributed by atoms with Crippen molar-refractivity contribution in [2.45, 2.75) is 65.1 Å². The summed E-state index contributed by atoms with van der Waals surface area (Å²) in [6.45, 7) is 7.52. The third kappa shape index (κ3) is 3.32. The lowest BCUT2D eigenvalue weighted by Gasteiger charge is -2.26. The topological polar surface area (TPSA) is 59.4 Å². The van der Waals surface area contributed by atoms with Crippen LogP contribution in [0, 0.1) is 10.5 Å². The highest BCUT2D eigenvalue weighted by atomic mass is 127. The number of pyridine rings is 1. The quantitative estimate of drug-likeness (QED) is 0.655. The predicted molar refractivity (Wildman–Crippen MR) is 105 cm³/mol. The van der Waals surface area contributed by atoms with Gasteiger partial charge in [0.05, 0.1) is 5.60 Å². The smallest absolute Gasteiger partial charge is 0.337 e. The molecule has 0 bridgehead atoms. The first-order chi connectivity index (χ1) is 11.2. The van der Waals surface area contributed by atoms with Crippen molar-refractivity contribution in [3.05, 3.63) is 25.3 Å². The number of aryl methyl sites for hydroxylation is 3. The average molecular weight is 459 g/mol. The summed E-state index contributed by atoms with van der Waals surface area (Å²) in [7, 11) is 0. The molecule has 0 aromatic carbocycles. The summed E-state index contributed by atoms with van der Waals surface area (Å²) in [6.07, 6.45) is 3.61. The number of fused-ring (bicyclic) bond motifs is 3. The van der Waals surface area contributed by atoms with Gasteiger partial charge in [-0.3, -0.25) is 0 Å². The molecule has 1 aliphatic rings. The zero-order valence-electron chi connectivity index (χ0n) is 14.4. The lowest BCUT2D eigenvalue weighted by molar-refractivity contribution is -0.160. The van der Waals surface area contributed by atoms with E-state index in [9.17, 15) is 9.90 Å². The minimum Gasteiger partial charge on any atom is -0.479 e. The second kappa shape index (κ2) is 6.53. The molecule has 0 fully saturated rings. The minimum absolute atomic E-state index is 0.540. The molecule has 0 radical (unpaired) electrons. The van der Waals surface area contributed by atoms with Crippen LogP contribution in [0.5, 0.6) is 0 Å². The number of carboxylic acids is 1. The summed E-state index contributed by atoms with van der Waals surface area (Å²) in [6, 6.07) is 0. The standard InChI is InChI=1S/C18H22INO3S/c1-9-12(15(17(21)22)23-18(2,3)4)14(19)13-10-7-5-6-8-11(10)24-16(13)20-9/h15H,5-8H2,1-4H3,(H,21,22)/t15-/m1/s1. The molecule has 2 aromatic heterocycles. The fraction of sp³-hybridized carbons (Fsp3) is 0.556. The van der Waals surface area contributed by atoms with Crippen molar-refractivity contribution in [3.63, 3.8) is 0 Å². The van der Waals surface area contributed by atoms with Crippen LogP contribution in [0.25, 0.3) is 10.2 Å². The molecule has 1 atom stereocenters. The number of aromatic nitrogens is 1. The number of rotatable bonds is 3. The lowest BCUT2D eigenvalue weighted by Crippen LogP contribution is -2.28. The number of carbonyl (C=O) groups is 1. The second-order valence-corrected chi connectivity index (χ2v) is 9.43. The van der Waals surface area contributed by atoms with Crippen LogP contribution >= 0.6 is 33.9 Å². The maximum Gasteiger partial charge on any atom is 0.337 e. The zero-order valence-corrected chi connectivity index (χ0v) is 17.4. The fourth-order valence-electron chi connectivity index (χ4n) is 3.25. The molecule has 2 heterocycles. The van der Waals surface area contributed by atoms with Crippen molar-refractivity contribution in [1.29, 1.82) is 0 Å². The van der Waals surface area contributed by atoms with Gasteiger partial charge in [0.15, 0.2) is 6.10 Å². The number of hydrogen-bond donors (Lipinski definition) is 1. The van der Waals surface area contributed by atoms with Crippen LogP contribution in [-0.2, 0) is 22.4 Å². The molecular weight excluding hydrogens is 437 g/mol. The van der Waals surface area contributed by atoms with E-state index < -0.39 is 17.7 Å². The third-order valence-corrected chi connectivity index (χ3v) is 6.53. The first-order valence-corrected chi connectivity index (χ1v) is 10.1. The van der Waals surface area contributed by atoms with Crippen molar-refractivity contribution in [3.8, 4) is 0 Å². The van der Waals surface area contributed by atoms with Gasteiger partial charge in [-0.1, -0.05) is 0 Å². The van der Waals surface area contributed by atoms with Crippen molar-refractivity contribution in [2.75, 3.05) is 0 Å². The maximum atomic E-state index is 11.9. The lowest BCUT2D eigenvalue weighted by atomic mass is 9.95. The summed E-state index contributed by atoms with van der Waals surface area (Å²) >= 11 is 4.06. The van der Waals surface area contributed by atoms with E-state index in [4.69, 9.17) is 9.72 Å². The van der Waals surface area contributed by atoms with Gasteiger partial charge in [0.25, 0.3) is 0 Å². The first-order valence-electron chi connectivity index (χ1n) is 8.20. The van der Waals surface area contributed by atoms with Gasteiger partial charge in [-0.25, -0.2) is 9.78 Å². The molecule has 130 valence electrons. The Kier molecular flexibility index (Phi) is 4.92. The highest BCUT2D eigenvalue weighted by Gasteiger charge is 2.32. The number of hydrogen-bond acceptors (Lipinski definition) is 4. The molecule has 1 N–H and O–H groups in total. The highest BCUT2D eigenvalue weighted by molar-refractivity contribution is 14.1. The summed E-state index contributed by atoms with van der Waals surface area (Å²) in [5, 5.41) is 10.9. The van der Waals surface area contributed by atoms with Crippen molar-refractivity contribution in [2.24, 2.45) is 0 Å². The zero-order chi connectivity index (χ0) is 17.6. The minimum atomic E-state index is -0.993. The van der Waals surface area contributed by atoms with Gasteiger partial charge in [0.2, 0.25) is 0 Å². The third-order valence-electron chi connectivity index (χ3n) is 4.23. The largest absolute Gasteiger partial charge is 0.479 e. The van der Waals surface area contributed by atoms with E-state index in [1.165, 1.54) is 23.3 Å². The Morgan fingerprint density at radius 3 is 2.62 bits per heavy atom. The first kappa shape index (κ1) is 18.1. The summed E-state index contributed by atoms with van der Waals surface area (Å²) in [4.78, 5) is 19.1. The SMILES string of the molecule is Cc1nc2sc3c(c2c(I)c1[C@@H](OC(C)(C)C)C(=O)O)CCCC3. The van der Waals surface area contributed by atoms with Crippen LogP contribution in [0.3, 0.4) is 0 Å². The molecule has 0 saturated heterocycles. The summed E-state index contributed by atoms with van der Waals surface area (Å²) in [5.74, 6) is -0.962. The van der Waals surface area contributed by atoms with Gasteiger partial charge in [-0.2, -0.15) is 0 Å². The molecule has 2 aromatic rings. The Labute approximate surface area is 159 Å². The van der Waals surface area contributed by atoms with Crippen LogP contribution in [0.1, 0.15) is 61.4 Å². The number of thiophene rings is 1. The average Bonchev–Trinajstić information content (AvgIpc) is 2.82. The predicted octanol–water partition coefficient (Wildman–Crippen LogP) is 5.03. The van der Waals surface area contributed by atoms with E-state index in [0.29, 0.717) is 5.56 Å². The fourth-order valence-corrected chi connectivity index (χ4v) is 6.01. The highest BCUT2D eigenvalue weighted by Crippen LogP contribution is 2.41. The van der Waals surface area contributed by atoms with Gasteiger partial charge in [0, 0.05) is 25.1 Å². The summed E-state index contributed by atoms with van der Waals surface area (Å²) in [5.41, 5.74) is 2.29. The van der Waals surface area contributed by atoms with E-state index in [1.54, 1.807) is 11.3 Å². The van der Waals surface area contributed by atoms with Crippen LogP contribution in [0.15, 0.2) is 0 Å². The van der Waals surface area contributed by atoms with E-state index >= 15 is 0 Å². The second-order valence-electron chi connectivity index (χ2n) is 7.26. The van der Waals surface area contributed by atoms with E-state index in [0.717, 1.165) is 32.3 Å². The van der Waals surface area contributed by atoms with Crippen molar-refractivity contribution in [1.82, 2.24) is 4.98 Å². The Morgan fingerprint density at radius 1 is 1.33 bits per heavy atom. The normalized spacial score (nSPS) is 16.2. The number of halogens is 1. The molecule has 6 heteroatoms. The van der Waals surface area contributed by atoms with Gasteiger partial charge in [0.1, 0.15) is 4.83 Å². The number of aliphatic carboxylic acids is 1. The molecule has 0 unspecified atom stereocenters. The van der Waals surface area contributed by atoms with Crippen LogP contribution in [-0.4, -0.2) is 21.7 Å². The van der Waals surface area contributed by atoms with Gasteiger partial charge in [-0.05, 0) is 81.5 Å². The molecule has 0 saturated carbocycles. The molecule has 1 aliphatic carbocycles. The number of nitrogens with zero attached hydrogens (tertiary/aromatic N) is 1. The molecule has 0 spiro atoms. The monoisotopic (exact) mass is 459 g/mol. The Morgan fingerprint density at radius 2 is 2.00 bits per heavy atom. The van der Waals surface area contributed by atoms with Crippen LogP contribution < -0.4 is 0 Å². The van der Waals surface area contributed by atoms with Crippen molar-refractivity contribution >= 4 is 50.1 Å². The van der Waals surface area contributed by atoms with Gasteiger partial charge < -0.3 is 9.84 Å². The van der Waals surface area contributed by atoms with E-state index in [1.807, 2.05) is 27.7 Å². The number of carboxylic acid groups (broad SMARTS) is 1. The molecule has 3 rings (SSSR count). The van der Waals surface area contributed by atoms with Crippen LogP contribution in [0.4, 0.5) is 0 Å². The molecule has 0 aliphatic heterocycles. The van der Waals surface area contributed by atoms with E-state index in [-0.39, 0.29) is 0 Å². The molecule has 4 nitrogen and oxygen atoms in total. The Balaban J connectivity index is 2.21. The Hall–Kier alpha value is -0.730. The number of ether oxygens (including phenoxy) is 1. The molecule has 24 heavy (non-hydrogen) atoms. The Bertz CT molecular complexity index is 807. The van der Waals surface area contributed by atoms with Crippen molar-refractivity contribution < 1.29 is 14.6 Å². The molecular formula is C18H22INO3S. The van der Waals surface area contributed by atoms with Gasteiger partial charge in [-0.15, -0.1) is 11.3 Å². The van der Waals surface area contributed by atoms with Crippen LogP contribution in [0.2, 0.25) is 0 Å². The summed E-state index contributed by atoms with van der Waals surface area (Å²) < 4.78 is 6.87. The molecule has 0 amide bonds. The van der Waals surface area contributed by atoms with Gasteiger partial charge >= 0.3 is 5.97 Å². The maximum absolute atomic E-state index is 11.9. The van der Waals surface area contributed by atoms with E-state index in [2.05, 4.69) is 22.6 Å².